The zero-order chi connectivity index (χ0) is 12.3. The number of benzene rings is 1. The van der Waals surface area contributed by atoms with Crippen LogP contribution in [0.5, 0.6) is 0 Å². The number of rotatable bonds is 2. The zero-order valence-electron chi connectivity index (χ0n) is 11.6. The average Bonchev–Trinajstić information content (AvgIpc) is 2.34. The van der Waals surface area contributed by atoms with Crippen LogP contribution in [0.4, 0.5) is 0 Å². The maximum Gasteiger partial charge on any atom is 0.0809 e. The normalized spacial score (nSPS) is 21.1. The van der Waals surface area contributed by atoms with Gasteiger partial charge in [-0.15, -0.1) is 0 Å². The molecule has 0 bridgehead atoms. The maximum absolute atomic E-state index is 9.72. The molecule has 1 aromatic rings. The van der Waals surface area contributed by atoms with Gasteiger partial charge in [-0.1, -0.05) is 48.6 Å². The number of allylic oxidation sites excluding steroid dienone is 1. The Labute approximate surface area is 196 Å². The smallest absolute Gasteiger partial charge is 0.0809 e. The summed E-state index contributed by atoms with van der Waals surface area (Å²) in [4.78, 5) is 0. The molecule has 0 heterocycles. The van der Waals surface area contributed by atoms with Crippen molar-refractivity contribution in [2.75, 3.05) is 0 Å². The minimum absolute atomic E-state index is 0. The summed E-state index contributed by atoms with van der Waals surface area (Å²) >= 11 is 0. The van der Waals surface area contributed by atoms with E-state index in [-0.39, 0.29) is 98.1 Å². The molecule has 20 heavy (non-hydrogen) atoms. The predicted octanol–water partition coefficient (Wildman–Crippen LogP) is 2.22. The second-order valence-electron chi connectivity index (χ2n) is 4.57. The molecule has 0 aromatic heterocycles. The summed E-state index contributed by atoms with van der Waals surface area (Å²) in [6.45, 7) is 3.70. The number of hydrogen-bond donors (Lipinski definition) is 2. The minimum Gasteiger partial charge on any atom is -0.388 e. The molecule has 2 N–H and O–H groups in total. The van der Waals surface area contributed by atoms with Gasteiger partial charge in [0.1, 0.15) is 0 Å². The van der Waals surface area contributed by atoms with Gasteiger partial charge in [0, 0.05) is 98.1 Å². The van der Waals surface area contributed by atoms with Gasteiger partial charge in [-0.05, 0) is 30.4 Å². The Balaban J connectivity index is 0. The molecule has 0 saturated heterocycles. The van der Waals surface area contributed by atoms with E-state index in [1.54, 1.807) is 0 Å². The number of hydrogen-bond acceptors (Lipinski definition) is 2. The van der Waals surface area contributed by atoms with Crippen molar-refractivity contribution < 1.29 is 108 Å². The fraction of sp³-hybridized carbons (Fsp3) is 0.333. The first kappa shape index (κ1) is 24.2. The van der Waals surface area contributed by atoms with E-state index >= 15 is 0 Å². The van der Waals surface area contributed by atoms with Crippen molar-refractivity contribution in [2.24, 2.45) is 0 Å². The molecule has 1 aromatic carbocycles. The van der Waals surface area contributed by atoms with Gasteiger partial charge >= 0.3 is 0 Å². The summed E-state index contributed by atoms with van der Waals surface area (Å²) < 4.78 is 0. The van der Waals surface area contributed by atoms with Gasteiger partial charge in [0.05, 0.1) is 12.2 Å². The van der Waals surface area contributed by atoms with Crippen molar-refractivity contribution >= 4 is 0 Å². The summed E-state index contributed by atoms with van der Waals surface area (Å²) in [6, 6.07) is 10.2. The molecule has 3 radical (unpaired) electrons. The van der Waals surface area contributed by atoms with Gasteiger partial charge in [-0.25, -0.2) is 0 Å². The number of aliphatic hydroxyl groups is 2. The average molecular weight is 497 g/mol. The third-order valence-electron chi connectivity index (χ3n) is 3.24. The van der Waals surface area contributed by atoms with Crippen molar-refractivity contribution in [1.82, 2.24) is 0 Å². The van der Waals surface area contributed by atoms with E-state index < -0.39 is 12.2 Å². The van der Waals surface area contributed by atoms with E-state index in [0.29, 0.717) is 18.4 Å². The van der Waals surface area contributed by atoms with Crippen LogP contribution in [0.15, 0.2) is 54.1 Å². The molecule has 99 valence electrons. The third-order valence-corrected chi connectivity index (χ3v) is 3.24. The maximum atomic E-state index is 9.72. The fourth-order valence-corrected chi connectivity index (χ4v) is 2.11. The van der Waals surface area contributed by atoms with Gasteiger partial charge < -0.3 is 10.2 Å². The Morgan fingerprint density at radius 2 is 1.50 bits per heavy atom. The van der Waals surface area contributed by atoms with Crippen LogP contribution < -0.4 is 0 Å². The van der Waals surface area contributed by atoms with Crippen molar-refractivity contribution in [3.05, 3.63) is 59.7 Å². The quantitative estimate of drug-likeness (QED) is 0.616. The predicted molar refractivity (Wildman–Crippen MR) is 68.6 cm³/mol. The molecule has 1 aliphatic rings. The molecule has 0 amide bonds. The van der Waals surface area contributed by atoms with Crippen LogP contribution in [0, 0.1) is 0 Å². The Kier molecular flexibility index (Phi) is 15.0. The largest absolute Gasteiger partial charge is 0.388 e. The Hall–Kier alpha value is 1.93. The zero-order valence-corrected chi connectivity index (χ0v) is 20.1. The molecule has 2 rings (SSSR count). The van der Waals surface area contributed by atoms with Crippen LogP contribution in [0.2, 0.25) is 0 Å². The molecular weight excluding hydrogens is 479 g/mol. The summed E-state index contributed by atoms with van der Waals surface area (Å²) in [5, 5.41) is 19.4. The van der Waals surface area contributed by atoms with Crippen molar-refractivity contribution in [3.63, 3.8) is 0 Å². The molecule has 0 unspecified atom stereocenters. The van der Waals surface area contributed by atoms with E-state index in [4.69, 9.17) is 0 Å². The van der Waals surface area contributed by atoms with Crippen LogP contribution >= 0.6 is 0 Å². The molecule has 5 heteroatoms. The fourth-order valence-electron chi connectivity index (χ4n) is 2.11. The first-order chi connectivity index (χ1) is 8.16. The van der Waals surface area contributed by atoms with E-state index in [1.165, 1.54) is 5.56 Å². The van der Waals surface area contributed by atoms with Gasteiger partial charge in [0.2, 0.25) is 0 Å². The standard InChI is InChI=1S/C15H18O2.3Y/c1-11-14(16)9-13(10-15(11)17)8-7-12-5-3-2-4-6-12;;;/h2-6,8,14-17H,1,7,9-10H2;;;/t14-,15-;;;/m1.../s1. The van der Waals surface area contributed by atoms with E-state index in [2.05, 4.69) is 24.8 Å². The summed E-state index contributed by atoms with van der Waals surface area (Å²) in [5.74, 6) is 0. The second kappa shape index (κ2) is 12.4. The van der Waals surface area contributed by atoms with Crippen LogP contribution in [0.1, 0.15) is 18.4 Å². The molecule has 0 spiro atoms. The Morgan fingerprint density at radius 3 is 2.00 bits per heavy atom. The first-order valence-electron chi connectivity index (χ1n) is 5.93. The summed E-state index contributed by atoms with van der Waals surface area (Å²) in [5.41, 5.74) is 2.90. The molecule has 1 fully saturated rings. The molecule has 1 aliphatic carbocycles. The molecular formula is C15H18O2Y3. The van der Waals surface area contributed by atoms with Crippen molar-refractivity contribution in [3.8, 4) is 0 Å². The minimum atomic E-state index is -0.597. The molecule has 1 saturated carbocycles. The van der Waals surface area contributed by atoms with Gasteiger partial charge in [-0.3, -0.25) is 0 Å². The molecule has 0 aliphatic heterocycles. The van der Waals surface area contributed by atoms with Gasteiger partial charge in [0.25, 0.3) is 0 Å². The second-order valence-corrected chi connectivity index (χ2v) is 4.57. The summed E-state index contributed by atoms with van der Waals surface area (Å²) in [6.07, 6.45) is 2.96. The topological polar surface area (TPSA) is 40.5 Å². The van der Waals surface area contributed by atoms with E-state index in [9.17, 15) is 10.2 Å². The SMILES string of the molecule is C=C1[C@H](O)CC(=CCc2ccccc2)C[C@H]1O.[Y].[Y].[Y]. The Morgan fingerprint density at radius 1 is 1.00 bits per heavy atom. The van der Waals surface area contributed by atoms with Crippen LogP contribution in [-0.4, -0.2) is 22.4 Å². The van der Waals surface area contributed by atoms with Crippen LogP contribution in [0.25, 0.3) is 0 Å². The van der Waals surface area contributed by atoms with Crippen LogP contribution in [0.3, 0.4) is 0 Å². The van der Waals surface area contributed by atoms with E-state index in [0.717, 1.165) is 12.0 Å². The molecule has 2 atom stereocenters. The first-order valence-corrected chi connectivity index (χ1v) is 5.93. The van der Waals surface area contributed by atoms with Gasteiger partial charge in [-0.2, -0.15) is 0 Å². The summed E-state index contributed by atoms with van der Waals surface area (Å²) in [7, 11) is 0. The van der Waals surface area contributed by atoms with Gasteiger partial charge in [0.15, 0.2) is 0 Å². The Bertz CT molecular complexity index is 416. The van der Waals surface area contributed by atoms with E-state index in [1.807, 2.05) is 18.2 Å². The third kappa shape index (κ3) is 7.47. The monoisotopic (exact) mass is 497 g/mol. The molecule has 2 nitrogen and oxygen atoms in total. The van der Waals surface area contributed by atoms with Crippen molar-refractivity contribution in [1.29, 1.82) is 0 Å². The number of aliphatic hydroxyl groups excluding tert-OH is 2. The van der Waals surface area contributed by atoms with Crippen molar-refractivity contribution in [2.45, 2.75) is 31.5 Å². The van der Waals surface area contributed by atoms with Crippen LogP contribution in [-0.2, 0) is 105 Å².